The molecule has 2 aliphatic rings. The van der Waals surface area contributed by atoms with Crippen LogP contribution in [0.2, 0.25) is 0 Å². The first kappa shape index (κ1) is 12.6. The fraction of sp³-hybridized carbons (Fsp3) is 0.278. The van der Waals surface area contributed by atoms with Gasteiger partial charge in [-0.25, -0.2) is 4.39 Å². The summed E-state index contributed by atoms with van der Waals surface area (Å²) in [5.74, 6) is -0.136. The van der Waals surface area contributed by atoms with Crippen LogP contribution in [-0.2, 0) is 6.54 Å². The molecule has 2 aromatic carbocycles. The van der Waals surface area contributed by atoms with E-state index in [-0.39, 0.29) is 11.7 Å². The summed E-state index contributed by atoms with van der Waals surface area (Å²) in [6, 6.07) is 11.2. The minimum atomic E-state index is -0.237. The van der Waals surface area contributed by atoms with Gasteiger partial charge >= 0.3 is 0 Å². The molecule has 4 rings (SSSR count). The third kappa shape index (κ3) is 1.96. The molecule has 2 aromatic rings. The van der Waals surface area contributed by atoms with E-state index in [1.54, 1.807) is 6.07 Å². The highest BCUT2D eigenvalue weighted by Gasteiger charge is 2.38. The molecule has 106 valence electrons. The number of hydrogen-bond acceptors (Lipinski definition) is 1. The number of hydrogen-bond donors (Lipinski definition) is 0. The fourth-order valence-electron chi connectivity index (χ4n) is 3.16. The van der Waals surface area contributed by atoms with E-state index in [1.807, 2.05) is 36.1 Å². The Morgan fingerprint density at radius 2 is 2.00 bits per heavy atom. The lowest BCUT2D eigenvalue weighted by Crippen LogP contribution is -2.25. The molecule has 0 unspecified atom stereocenters. The van der Waals surface area contributed by atoms with Crippen molar-refractivity contribution in [2.75, 3.05) is 0 Å². The van der Waals surface area contributed by atoms with Crippen LogP contribution < -0.4 is 0 Å². The Balaban J connectivity index is 1.79. The number of aryl methyl sites for hydroxylation is 1. The third-order valence-electron chi connectivity index (χ3n) is 4.44. The van der Waals surface area contributed by atoms with E-state index in [2.05, 4.69) is 0 Å². The number of carbonyl (C=O) groups excluding carboxylic acids is 1. The van der Waals surface area contributed by atoms with Gasteiger partial charge in [0, 0.05) is 23.7 Å². The van der Waals surface area contributed by atoms with Gasteiger partial charge in [0.15, 0.2) is 0 Å². The Morgan fingerprint density at radius 1 is 1.19 bits per heavy atom. The average molecular weight is 281 g/mol. The normalized spacial score (nSPS) is 17.2. The van der Waals surface area contributed by atoms with Crippen LogP contribution in [0.25, 0.3) is 11.1 Å². The Bertz CT molecular complexity index is 729. The Labute approximate surface area is 123 Å². The summed E-state index contributed by atoms with van der Waals surface area (Å²) in [5, 5.41) is 0. The fourth-order valence-corrected chi connectivity index (χ4v) is 3.16. The van der Waals surface area contributed by atoms with Crippen molar-refractivity contribution >= 4 is 5.91 Å². The van der Waals surface area contributed by atoms with Crippen molar-refractivity contribution in [3.8, 4) is 11.1 Å². The molecule has 0 bridgehead atoms. The number of nitrogens with zero attached hydrogens (tertiary/aromatic N) is 1. The predicted molar refractivity (Wildman–Crippen MR) is 79.5 cm³/mol. The number of amides is 1. The van der Waals surface area contributed by atoms with Crippen LogP contribution in [0.15, 0.2) is 36.4 Å². The second-order valence-electron chi connectivity index (χ2n) is 5.97. The van der Waals surface area contributed by atoms with Crippen LogP contribution in [0.4, 0.5) is 4.39 Å². The number of benzene rings is 2. The van der Waals surface area contributed by atoms with Gasteiger partial charge < -0.3 is 4.90 Å². The highest BCUT2D eigenvalue weighted by Crippen LogP contribution is 2.36. The molecule has 0 radical (unpaired) electrons. The van der Waals surface area contributed by atoms with E-state index >= 15 is 0 Å². The number of rotatable bonds is 2. The largest absolute Gasteiger partial charge is 0.331 e. The first-order valence-corrected chi connectivity index (χ1v) is 7.34. The van der Waals surface area contributed by atoms with Gasteiger partial charge in [0.05, 0.1) is 0 Å². The number of fused-ring (bicyclic) bond motifs is 1. The smallest absolute Gasteiger partial charge is 0.254 e. The molecule has 0 atom stereocenters. The lowest BCUT2D eigenvalue weighted by Gasteiger charge is -2.13. The maximum Gasteiger partial charge on any atom is 0.254 e. The van der Waals surface area contributed by atoms with Gasteiger partial charge in [0.2, 0.25) is 0 Å². The van der Waals surface area contributed by atoms with Gasteiger partial charge in [-0.1, -0.05) is 24.3 Å². The van der Waals surface area contributed by atoms with E-state index in [1.165, 1.54) is 6.07 Å². The number of halogens is 1. The summed E-state index contributed by atoms with van der Waals surface area (Å²) < 4.78 is 14.1. The van der Waals surface area contributed by atoms with Crippen LogP contribution in [0.1, 0.15) is 34.3 Å². The van der Waals surface area contributed by atoms with Gasteiger partial charge in [-0.3, -0.25) is 4.79 Å². The van der Waals surface area contributed by atoms with E-state index in [9.17, 15) is 9.18 Å². The molecule has 1 aliphatic carbocycles. The van der Waals surface area contributed by atoms with Crippen LogP contribution in [0.3, 0.4) is 0 Å². The van der Waals surface area contributed by atoms with Crippen LogP contribution in [0, 0.1) is 12.7 Å². The highest BCUT2D eigenvalue weighted by atomic mass is 19.1. The summed E-state index contributed by atoms with van der Waals surface area (Å²) >= 11 is 0. The van der Waals surface area contributed by atoms with Crippen molar-refractivity contribution in [2.45, 2.75) is 32.4 Å². The van der Waals surface area contributed by atoms with Crippen molar-refractivity contribution < 1.29 is 9.18 Å². The first-order valence-electron chi connectivity index (χ1n) is 7.34. The molecule has 21 heavy (non-hydrogen) atoms. The Morgan fingerprint density at radius 3 is 2.71 bits per heavy atom. The van der Waals surface area contributed by atoms with E-state index in [0.717, 1.165) is 35.1 Å². The van der Waals surface area contributed by atoms with Gasteiger partial charge in [0.25, 0.3) is 5.91 Å². The molecule has 0 N–H and O–H groups in total. The quantitative estimate of drug-likeness (QED) is 0.817. The topological polar surface area (TPSA) is 20.3 Å². The van der Waals surface area contributed by atoms with Crippen molar-refractivity contribution in [1.82, 2.24) is 4.90 Å². The van der Waals surface area contributed by atoms with Gasteiger partial charge in [-0.2, -0.15) is 0 Å². The zero-order valence-electron chi connectivity index (χ0n) is 11.9. The molecular weight excluding hydrogens is 265 g/mol. The summed E-state index contributed by atoms with van der Waals surface area (Å²) in [4.78, 5) is 14.4. The zero-order valence-corrected chi connectivity index (χ0v) is 11.9. The predicted octanol–water partition coefficient (Wildman–Crippen LogP) is 3.92. The lowest BCUT2D eigenvalue weighted by molar-refractivity contribution is 0.0766. The summed E-state index contributed by atoms with van der Waals surface area (Å²) in [6.45, 7) is 2.60. The third-order valence-corrected chi connectivity index (χ3v) is 4.44. The maximum atomic E-state index is 14.1. The number of carbonyl (C=O) groups is 1. The van der Waals surface area contributed by atoms with Crippen LogP contribution >= 0.6 is 0 Å². The SMILES string of the molecule is Cc1cccc(F)c1-c1ccc2c(c1)C(=O)N(C1CC1)C2. The maximum absolute atomic E-state index is 14.1. The molecule has 2 nitrogen and oxygen atoms in total. The van der Waals surface area contributed by atoms with Crippen LogP contribution in [0.5, 0.6) is 0 Å². The molecule has 0 spiro atoms. The van der Waals surface area contributed by atoms with Crippen molar-refractivity contribution in [1.29, 1.82) is 0 Å². The molecule has 3 heteroatoms. The van der Waals surface area contributed by atoms with Gasteiger partial charge in [-0.15, -0.1) is 0 Å². The Kier molecular flexibility index (Phi) is 2.64. The minimum Gasteiger partial charge on any atom is -0.331 e. The first-order chi connectivity index (χ1) is 10.1. The monoisotopic (exact) mass is 281 g/mol. The molecule has 0 saturated heterocycles. The molecule has 1 saturated carbocycles. The Hall–Kier alpha value is -2.16. The molecule has 0 aromatic heterocycles. The van der Waals surface area contributed by atoms with Gasteiger partial charge in [0.1, 0.15) is 5.82 Å². The molecule has 1 amide bonds. The lowest BCUT2D eigenvalue weighted by atomic mass is 9.96. The molecular formula is C18H16FNO. The minimum absolute atomic E-state index is 0.100. The van der Waals surface area contributed by atoms with E-state index in [0.29, 0.717) is 18.2 Å². The van der Waals surface area contributed by atoms with Gasteiger partial charge in [-0.05, 0) is 48.6 Å². The van der Waals surface area contributed by atoms with E-state index < -0.39 is 0 Å². The van der Waals surface area contributed by atoms with E-state index in [4.69, 9.17) is 0 Å². The van der Waals surface area contributed by atoms with Crippen molar-refractivity contribution in [2.24, 2.45) is 0 Å². The zero-order chi connectivity index (χ0) is 14.6. The van der Waals surface area contributed by atoms with Crippen LogP contribution in [-0.4, -0.2) is 16.8 Å². The van der Waals surface area contributed by atoms with Crippen molar-refractivity contribution in [3.05, 3.63) is 58.9 Å². The molecule has 1 aliphatic heterocycles. The van der Waals surface area contributed by atoms with Crippen molar-refractivity contribution in [3.63, 3.8) is 0 Å². The standard InChI is InChI=1S/C18H16FNO/c1-11-3-2-4-16(19)17(11)12-5-6-13-10-20(14-7-8-14)18(21)15(13)9-12/h2-6,9,14H,7-8,10H2,1H3. The summed E-state index contributed by atoms with van der Waals surface area (Å²) in [5.41, 5.74) is 4.07. The second-order valence-corrected chi connectivity index (χ2v) is 5.97. The average Bonchev–Trinajstić information content (AvgIpc) is 3.25. The summed E-state index contributed by atoms with van der Waals surface area (Å²) in [6.07, 6.45) is 2.22. The molecule has 1 fully saturated rings. The second kappa shape index (κ2) is 4.42. The summed E-state index contributed by atoms with van der Waals surface area (Å²) in [7, 11) is 0. The highest BCUT2D eigenvalue weighted by molar-refractivity contribution is 6.00. The molecule has 1 heterocycles.